The Labute approximate surface area is 99.0 Å². The summed E-state index contributed by atoms with van der Waals surface area (Å²) in [5.74, 6) is -1.04. The average Bonchev–Trinajstić information content (AvgIpc) is 2.59. The van der Waals surface area contributed by atoms with Crippen LogP contribution in [0.4, 0.5) is 10.5 Å². The number of rotatable bonds is 4. The van der Waals surface area contributed by atoms with Crippen LogP contribution >= 0.6 is 0 Å². The third kappa shape index (κ3) is 3.78. The third-order valence-corrected chi connectivity index (χ3v) is 2.15. The van der Waals surface area contributed by atoms with E-state index in [0.29, 0.717) is 5.69 Å². The number of aromatic nitrogens is 2. The van der Waals surface area contributed by atoms with Gasteiger partial charge in [-0.3, -0.25) is 9.48 Å². The van der Waals surface area contributed by atoms with Crippen LogP contribution in [0.25, 0.3) is 0 Å². The molecular formula is C10H16N4O3. The largest absolute Gasteiger partial charge is 0.480 e. The zero-order valence-electron chi connectivity index (χ0n) is 10.0. The van der Waals surface area contributed by atoms with Crippen molar-refractivity contribution in [2.75, 3.05) is 11.9 Å². The summed E-state index contributed by atoms with van der Waals surface area (Å²) in [6.45, 7) is 3.18. The van der Waals surface area contributed by atoms with Crippen LogP contribution in [0.5, 0.6) is 0 Å². The fourth-order valence-corrected chi connectivity index (χ4v) is 1.32. The fraction of sp³-hybridized carbons (Fsp3) is 0.500. The lowest BCUT2D eigenvalue weighted by Crippen LogP contribution is -2.43. The van der Waals surface area contributed by atoms with E-state index in [1.54, 1.807) is 31.8 Å². The molecular weight excluding hydrogens is 224 g/mol. The van der Waals surface area contributed by atoms with Gasteiger partial charge >= 0.3 is 12.0 Å². The Kier molecular flexibility index (Phi) is 4.08. The fourth-order valence-electron chi connectivity index (χ4n) is 1.32. The number of carboxylic acids is 1. The molecule has 0 saturated heterocycles. The summed E-state index contributed by atoms with van der Waals surface area (Å²) in [5.41, 5.74) is 0.536. The number of anilines is 1. The topological polar surface area (TPSA) is 87.5 Å². The number of nitrogens with one attached hydrogen (secondary N) is 1. The summed E-state index contributed by atoms with van der Waals surface area (Å²) in [4.78, 5) is 23.7. The number of hydrogen-bond donors (Lipinski definition) is 2. The first kappa shape index (κ1) is 13.0. The molecule has 1 aromatic heterocycles. The van der Waals surface area contributed by atoms with Crippen LogP contribution in [0.2, 0.25) is 0 Å². The molecule has 7 heteroatoms. The van der Waals surface area contributed by atoms with Gasteiger partial charge in [-0.05, 0) is 13.8 Å². The molecule has 2 N–H and O–H groups in total. The molecule has 1 heterocycles. The highest BCUT2D eigenvalue weighted by Gasteiger charge is 2.20. The molecule has 7 nitrogen and oxygen atoms in total. The number of aliphatic carboxylic acids is 1. The molecule has 0 fully saturated rings. The number of amides is 2. The van der Waals surface area contributed by atoms with Gasteiger partial charge in [-0.2, -0.15) is 5.10 Å². The van der Waals surface area contributed by atoms with E-state index in [0.717, 1.165) is 0 Å². The molecule has 0 bridgehead atoms. The monoisotopic (exact) mass is 240 g/mol. The second kappa shape index (κ2) is 5.33. The molecule has 1 aromatic rings. The Morgan fingerprint density at radius 3 is 2.65 bits per heavy atom. The van der Waals surface area contributed by atoms with Gasteiger partial charge in [0, 0.05) is 19.3 Å². The average molecular weight is 240 g/mol. The van der Waals surface area contributed by atoms with Crippen molar-refractivity contribution in [2.45, 2.75) is 19.9 Å². The molecule has 0 aliphatic rings. The van der Waals surface area contributed by atoms with Gasteiger partial charge in [-0.15, -0.1) is 0 Å². The number of carboxylic acid groups (broad SMARTS) is 1. The molecule has 17 heavy (non-hydrogen) atoms. The van der Waals surface area contributed by atoms with Crippen LogP contribution in [0, 0.1) is 0 Å². The maximum atomic E-state index is 11.8. The molecule has 1 rings (SSSR count). The van der Waals surface area contributed by atoms with Gasteiger partial charge in [0.05, 0.1) is 11.9 Å². The van der Waals surface area contributed by atoms with Crippen LogP contribution in [0.3, 0.4) is 0 Å². The molecule has 0 radical (unpaired) electrons. The first-order chi connectivity index (χ1) is 7.90. The summed E-state index contributed by atoms with van der Waals surface area (Å²) in [6, 6.07) is -0.641. The molecule has 0 spiro atoms. The molecule has 2 amide bonds. The molecule has 94 valence electrons. The van der Waals surface area contributed by atoms with Crippen molar-refractivity contribution < 1.29 is 14.7 Å². The second-order valence-electron chi connectivity index (χ2n) is 3.95. The van der Waals surface area contributed by atoms with Crippen molar-refractivity contribution in [3.8, 4) is 0 Å². The van der Waals surface area contributed by atoms with Crippen LogP contribution < -0.4 is 5.32 Å². The van der Waals surface area contributed by atoms with Gasteiger partial charge < -0.3 is 15.3 Å². The minimum absolute atomic E-state index is 0.192. The Hall–Kier alpha value is -2.05. The molecule has 0 aromatic carbocycles. The molecule has 0 unspecified atom stereocenters. The van der Waals surface area contributed by atoms with E-state index >= 15 is 0 Å². The first-order valence-electron chi connectivity index (χ1n) is 5.18. The van der Waals surface area contributed by atoms with Crippen molar-refractivity contribution in [2.24, 2.45) is 7.05 Å². The van der Waals surface area contributed by atoms with E-state index in [-0.39, 0.29) is 12.6 Å². The summed E-state index contributed by atoms with van der Waals surface area (Å²) in [7, 11) is 1.73. The standard InChI is InChI=1S/C10H16N4O3/c1-7(2)14(6-9(15)16)10(17)12-8-4-11-13(3)5-8/h4-5,7H,6H2,1-3H3,(H,12,17)(H,15,16). The van der Waals surface area contributed by atoms with Gasteiger partial charge in [0.2, 0.25) is 0 Å². The summed E-state index contributed by atoms with van der Waals surface area (Å²) < 4.78 is 1.55. The molecule has 0 saturated carbocycles. The van der Waals surface area contributed by atoms with Gasteiger partial charge in [0.1, 0.15) is 6.54 Å². The van der Waals surface area contributed by atoms with Gasteiger partial charge in [-0.25, -0.2) is 4.79 Å². The normalized spacial score (nSPS) is 10.4. The number of urea groups is 1. The van der Waals surface area contributed by atoms with Gasteiger partial charge in [0.15, 0.2) is 0 Å². The summed E-state index contributed by atoms with van der Waals surface area (Å²) in [5, 5.41) is 15.2. The van der Waals surface area contributed by atoms with Crippen LogP contribution in [0.15, 0.2) is 12.4 Å². The minimum Gasteiger partial charge on any atom is -0.480 e. The number of carbonyl (C=O) groups excluding carboxylic acids is 1. The number of hydrogen-bond acceptors (Lipinski definition) is 3. The highest BCUT2D eigenvalue weighted by atomic mass is 16.4. The maximum absolute atomic E-state index is 11.8. The van der Waals surface area contributed by atoms with E-state index in [1.807, 2.05) is 0 Å². The van der Waals surface area contributed by atoms with Crippen molar-refractivity contribution in [1.29, 1.82) is 0 Å². The SMILES string of the molecule is CC(C)N(CC(=O)O)C(=O)Nc1cnn(C)c1. The predicted molar refractivity (Wildman–Crippen MR) is 61.7 cm³/mol. The Morgan fingerprint density at radius 2 is 2.24 bits per heavy atom. The lowest BCUT2D eigenvalue weighted by atomic mass is 10.3. The highest BCUT2D eigenvalue weighted by Crippen LogP contribution is 2.07. The smallest absolute Gasteiger partial charge is 0.323 e. The number of carbonyl (C=O) groups is 2. The third-order valence-electron chi connectivity index (χ3n) is 2.15. The van der Waals surface area contributed by atoms with Crippen molar-refractivity contribution >= 4 is 17.7 Å². The molecule has 0 atom stereocenters. The predicted octanol–water partition coefficient (Wildman–Crippen LogP) is 0.747. The lowest BCUT2D eigenvalue weighted by molar-refractivity contribution is -0.137. The van der Waals surface area contributed by atoms with Gasteiger partial charge in [-0.1, -0.05) is 0 Å². The summed E-state index contributed by atoms with van der Waals surface area (Å²) >= 11 is 0. The molecule has 0 aliphatic heterocycles. The quantitative estimate of drug-likeness (QED) is 0.812. The van der Waals surface area contributed by atoms with Crippen LogP contribution in [-0.2, 0) is 11.8 Å². The van der Waals surface area contributed by atoms with Crippen molar-refractivity contribution in [3.63, 3.8) is 0 Å². The zero-order chi connectivity index (χ0) is 13.0. The highest BCUT2D eigenvalue weighted by molar-refractivity contribution is 5.91. The number of aryl methyl sites for hydroxylation is 1. The van der Waals surface area contributed by atoms with E-state index in [9.17, 15) is 9.59 Å². The minimum atomic E-state index is -1.04. The molecule has 0 aliphatic carbocycles. The second-order valence-corrected chi connectivity index (χ2v) is 3.95. The maximum Gasteiger partial charge on any atom is 0.323 e. The van der Waals surface area contributed by atoms with Crippen LogP contribution in [-0.4, -0.2) is 44.4 Å². The number of nitrogens with zero attached hydrogens (tertiary/aromatic N) is 3. The van der Waals surface area contributed by atoms with Crippen LogP contribution in [0.1, 0.15) is 13.8 Å². The Morgan fingerprint density at radius 1 is 1.59 bits per heavy atom. The zero-order valence-corrected chi connectivity index (χ0v) is 10.0. The van der Waals surface area contributed by atoms with E-state index in [2.05, 4.69) is 10.4 Å². The van der Waals surface area contributed by atoms with E-state index in [4.69, 9.17) is 5.11 Å². The van der Waals surface area contributed by atoms with Crippen molar-refractivity contribution in [3.05, 3.63) is 12.4 Å². The lowest BCUT2D eigenvalue weighted by Gasteiger charge is -2.24. The summed E-state index contributed by atoms with van der Waals surface area (Å²) in [6.07, 6.45) is 3.13. The first-order valence-corrected chi connectivity index (χ1v) is 5.18. The van der Waals surface area contributed by atoms with Gasteiger partial charge in [0.25, 0.3) is 0 Å². The van der Waals surface area contributed by atoms with E-state index in [1.165, 1.54) is 11.1 Å². The Bertz CT molecular complexity index is 413. The van der Waals surface area contributed by atoms with E-state index < -0.39 is 12.0 Å². The van der Waals surface area contributed by atoms with Crippen molar-refractivity contribution in [1.82, 2.24) is 14.7 Å². The Balaban J connectivity index is 2.68.